The summed E-state index contributed by atoms with van der Waals surface area (Å²) in [6.45, 7) is 0.114. The van der Waals surface area contributed by atoms with Gasteiger partial charge in [-0.25, -0.2) is 13.9 Å². The quantitative estimate of drug-likeness (QED) is 0.487. The Kier molecular flexibility index (Phi) is 7.61. The lowest BCUT2D eigenvalue weighted by atomic mass is 10.1. The summed E-state index contributed by atoms with van der Waals surface area (Å²) < 4.78 is 32.2. The number of nitrogens with one attached hydrogen (secondary N) is 1. The number of halogens is 1. The van der Waals surface area contributed by atoms with E-state index in [9.17, 15) is 13.2 Å². The Hall–Kier alpha value is -2.13. The highest BCUT2D eigenvalue weighted by Gasteiger charge is 2.25. The summed E-state index contributed by atoms with van der Waals surface area (Å²) in [5.41, 5.74) is 2.43. The molecule has 0 saturated carbocycles. The summed E-state index contributed by atoms with van der Waals surface area (Å²) >= 11 is 5.87. The van der Waals surface area contributed by atoms with Crippen LogP contribution in [0.15, 0.2) is 53.4 Å². The number of carbonyl (C=O) groups is 1. The third-order valence-corrected chi connectivity index (χ3v) is 6.14. The Morgan fingerprint density at radius 2 is 1.74 bits per heavy atom. The average Bonchev–Trinajstić information content (AvgIpc) is 2.68. The second-order valence-electron chi connectivity index (χ2n) is 5.74. The molecule has 27 heavy (non-hydrogen) atoms. The zero-order chi connectivity index (χ0) is 19.9. The minimum Gasteiger partial charge on any atom is -0.497 e. The molecule has 0 heterocycles. The molecule has 9 heteroatoms. The maximum atomic E-state index is 13.0. The van der Waals surface area contributed by atoms with Crippen LogP contribution in [-0.2, 0) is 21.2 Å². The Bertz CT molecular complexity index is 854. The molecular formula is C18H21ClN2O5S. The molecule has 1 amide bonds. The first-order chi connectivity index (χ1) is 12.9. The van der Waals surface area contributed by atoms with Crippen LogP contribution < -0.4 is 10.2 Å². The molecule has 7 nitrogen and oxygen atoms in total. The third kappa shape index (κ3) is 5.93. The Morgan fingerprint density at radius 3 is 2.30 bits per heavy atom. The highest BCUT2D eigenvalue weighted by molar-refractivity contribution is 7.89. The molecule has 0 aliphatic carbocycles. The number of rotatable bonds is 9. The molecule has 0 spiro atoms. The maximum absolute atomic E-state index is 13.0. The van der Waals surface area contributed by atoms with E-state index in [2.05, 4.69) is 0 Å². The number of hydroxylamine groups is 1. The van der Waals surface area contributed by atoms with Gasteiger partial charge in [-0.15, -0.1) is 0 Å². The molecule has 2 aromatic rings. The van der Waals surface area contributed by atoms with Crippen LogP contribution in [0.4, 0.5) is 0 Å². The minimum absolute atomic E-state index is 0.0612. The predicted octanol–water partition coefficient (Wildman–Crippen LogP) is 2.48. The molecule has 146 valence electrons. The van der Waals surface area contributed by atoms with Gasteiger partial charge in [0.2, 0.25) is 15.9 Å². The summed E-state index contributed by atoms with van der Waals surface area (Å²) in [5, 5.41) is 9.26. The fourth-order valence-electron chi connectivity index (χ4n) is 2.44. The molecule has 0 aromatic heterocycles. The molecular weight excluding hydrogens is 392 g/mol. The Morgan fingerprint density at radius 1 is 1.11 bits per heavy atom. The Balaban J connectivity index is 2.20. The Labute approximate surface area is 163 Å². The van der Waals surface area contributed by atoms with E-state index in [0.29, 0.717) is 17.2 Å². The van der Waals surface area contributed by atoms with E-state index in [0.717, 1.165) is 5.56 Å². The number of ether oxygens (including phenoxy) is 1. The molecule has 0 aliphatic heterocycles. The van der Waals surface area contributed by atoms with Crippen molar-refractivity contribution in [3.8, 4) is 5.75 Å². The van der Waals surface area contributed by atoms with E-state index < -0.39 is 15.9 Å². The van der Waals surface area contributed by atoms with Gasteiger partial charge in [0, 0.05) is 24.5 Å². The highest BCUT2D eigenvalue weighted by atomic mass is 35.5. The van der Waals surface area contributed by atoms with Crippen molar-refractivity contribution in [1.82, 2.24) is 9.79 Å². The number of benzene rings is 2. The normalized spacial score (nSPS) is 11.4. The van der Waals surface area contributed by atoms with Crippen LogP contribution in [0.2, 0.25) is 5.02 Å². The first kappa shape index (κ1) is 21.2. The van der Waals surface area contributed by atoms with E-state index in [1.165, 1.54) is 29.0 Å². The minimum atomic E-state index is -3.82. The molecule has 0 radical (unpaired) electrons. The second-order valence-corrected chi connectivity index (χ2v) is 8.12. The van der Waals surface area contributed by atoms with Crippen molar-refractivity contribution in [1.29, 1.82) is 0 Å². The largest absolute Gasteiger partial charge is 0.497 e. The van der Waals surface area contributed by atoms with Gasteiger partial charge in [0.25, 0.3) is 0 Å². The standard InChI is InChI=1S/C18H21ClN2O5S/c1-26-16-6-8-17(9-7-16)27(24,25)21(13-11-18(22)20-23)12-10-14-2-4-15(19)5-3-14/h2-9,23H,10-13H2,1H3,(H,20,22). The number of sulfonamides is 1. The van der Waals surface area contributed by atoms with Crippen molar-refractivity contribution < 1.29 is 23.2 Å². The highest BCUT2D eigenvalue weighted by Crippen LogP contribution is 2.20. The summed E-state index contributed by atoms with van der Waals surface area (Å²) in [4.78, 5) is 11.5. The third-order valence-electron chi connectivity index (χ3n) is 3.97. The molecule has 2 aromatic carbocycles. The first-order valence-electron chi connectivity index (χ1n) is 8.18. The molecule has 0 unspecified atom stereocenters. The van der Waals surface area contributed by atoms with Crippen LogP contribution in [0.5, 0.6) is 5.75 Å². The van der Waals surface area contributed by atoms with Gasteiger partial charge in [0.15, 0.2) is 0 Å². The van der Waals surface area contributed by atoms with Gasteiger partial charge < -0.3 is 4.74 Å². The van der Waals surface area contributed by atoms with Crippen LogP contribution in [0.25, 0.3) is 0 Å². The van der Waals surface area contributed by atoms with Crippen molar-refractivity contribution in [3.63, 3.8) is 0 Å². The van der Waals surface area contributed by atoms with Crippen LogP contribution >= 0.6 is 11.6 Å². The van der Waals surface area contributed by atoms with Gasteiger partial charge in [-0.1, -0.05) is 23.7 Å². The van der Waals surface area contributed by atoms with Crippen molar-refractivity contribution in [3.05, 3.63) is 59.1 Å². The average molecular weight is 413 g/mol. The van der Waals surface area contributed by atoms with Crippen molar-refractivity contribution >= 4 is 27.5 Å². The number of amides is 1. The summed E-state index contributed by atoms with van der Waals surface area (Å²) in [6, 6.07) is 13.1. The summed E-state index contributed by atoms with van der Waals surface area (Å²) in [5.74, 6) is -0.113. The molecule has 0 atom stereocenters. The molecule has 0 fully saturated rings. The van der Waals surface area contributed by atoms with Crippen LogP contribution in [0.3, 0.4) is 0 Å². The number of hydrogen-bond acceptors (Lipinski definition) is 5. The van der Waals surface area contributed by atoms with Crippen LogP contribution in [0, 0.1) is 0 Å². The lowest BCUT2D eigenvalue weighted by Gasteiger charge is -2.22. The van der Waals surface area contributed by atoms with Gasteiger partial charge in [0.05, 0.1) is 12.0 Å². The van der Waals surface area contributed by atoms with Gasteiger partial charge in [-0.2, -0.15) is 4.31 Å². The summed E-state index contributed by atoms with van der Waals surface area (Å²) in [7, 11) is -2.32. The topological polar surface area (TPSA) is 95.9 Å². The molecule has 2 rings (SSSR count). The number of methoxy groups -OCH3 is 1. The monoisotopic (exact) mass is 412 g/mol. The van der Waals surface area contributed by atoms with Crippen molar-refractivity contribution in [2.45, 2.75) is 17.7 Å². The van der Waals surface area contributed by atoms with Crippen molar-refractivity contribution in [2.24, 2.45) is 0 Å². The number of carbonyl (C=O) groups excluding carboxylic acids is 1. The molecule has 0 bridgehead atoms. The van der Waals surface area contributed by atoms with E-state index >= 15 is 0 Å². The number of hydrogen-bond donors (Lipinski definition) is 2. The molecule has 2 N–H and O–H groups in total. The first-order valence-corrected chi connectivity index (χ1v) is 10.00. The SMILES string of the molecule is COc1ccc(S(=O)(=O)N(CCC(=O)NO)CCc2ccc(Cl)cc2)cc1. The smallest absolute Gasteiger partial charge is 0.244 e. The van der Waals surface area contributed by atoms with E-state index in [4.69, 9.17) is 21.5 Å². The lowest BCUT2D eigenvalue weighted by molar-refractivity contribution is -0.129. The zero-order valence-corrected chi connectivity index (χ0v) is 16.3. The maximum Gasteiger partial charge on any atom is 0.244 e. The van der Waals surface area contributed by atoms with Gasteiger partial charge >= 0.3 is 0 Å². The van der Waals surface area contributed by atoms with E-state index in [1.54, 1.807) is 24.3 Å². The van der Waals surface area contributed by atoms with Crippen LogP contribution in [0.1, 0.15) is 12.0 Å². The fourth-order valence-corrected chi connectivity index (χ4v) is 4.00. The lowest BCUT2D eigenvalue weighted by Crippen LogP contribution is -2.36. The molecule has 0 aliphatic rings. The van der Waals surface area contributed by atoms with E-state index in [-0.39, 0.29) is 24.4 Å². The van der Waals surface area contributed by atoms with Gasteiger partial charge in [0.1, 0.15) is 5.75 Å². The molecule has 0 saturated heterocycles. The van der Waals surface area contributed by atoms with Crippen LogP contribution in [-0.4, -0.2) is 44.0 Å². The van der Waals surface area contributed by atoms with E-state index in [1.807, 2.05) is 12.1 Å². The van der Waals surface area contributed by atoms with Gasteiger partial charge in [-0.05, 0) is 48.4 Å². The fraction of sp³-hybridized carbons (Fsp3) is 0.278. The zero-order valence-electron chi connectivity index (χ0n) is 14.8. The van der Waals surface area contributed by atoms with Gasteiger partial charge in [-0.3, -0.25) is 10.0 Å². The second kappa shape index (κ2) is 9.70. The predicted molar refractivity (Wildman–Crippen MR) is 101 cm³/mol. The number of nitrogens with zero attached hydrogens (tertiary/aromatic N) is 1. The van der Waals surface area contributed by atoms with Crippen molar-refractivity contribution in [2.75, 3.05) is 20.2 Å². The summed E-state index contributed by atoms with van der Waals surface area (Å²) in [6.07, 6.45) is 0.291.